The van der Waals surface area contributed by atoms with Crippen molar-refractivity contribution in [3.05, 3.63) is 52.5 Å². The first kappa shape index (κ1) is 9.33. The molecule has 1 atom stereocenters. The summed E-state index contributed by atoms with van der Waals surface area (Å²) < 4.78 is 0. The summed E-state index contributed by atoms with van der Waals surface area (Å²) in [5.74, 6) is 5.52. The van der Waals surface area contributed by atoms with Crippen LogP contribution in [-0.2, 0) is 0 Å². The lowest BCUT2D eigenvalue weighted by atomic mass is 10.1. The number of nitrogens with one attached hydrogen (secondary N) is 1. The van der Waals surface area contributed by atoms with Gasteiger partial charge in [-0.05, 0) is 23.1 Å². The minimum atomic E-state index is 0.0451. The quantitative estimate of drug-likeness (QED) is 0.592. The van der Waals surface area contributed by atoms with Crippen molar-refractivity contribution in [3.63, 3.8) is 0 Å². The van der Waals surface area contributed by atoms with E-state index in [1.54, 1.807) is 17.5 Å². The van der Waals surface area contributed by atoms with Crippen molar-refractivity contribution < 1.29 is 0 Å². The molecule has 3 N–H and O–H groups in total. The van der Waals surface area contributed by atoms with Crippen LogP contribution in [0.3, 0.4) is 0 Å². The van der Waals surface area contributed by atoms with Gasteiger partial charge in [-0.15, -0.1) is 11.3 Å². The van der Waals surface area contributed by atoms with Crippen molar-refractivity contribution >= 4 is 11.3 Å². The Labute approximate surface area is 86.6 Å². The zero-order valence-electron chi connectivity index (χ0n) is 7.55. The highest BCUT2D eigenvalue weighted by atomic mass is 32.1. The molecule has 2 heterocycles. The number of pyridine rings is 1. The lowest BCUT2D eigenvalue weighted by Crippen LogP contribution is -2.28. The maximum absolute atomic E-state index is 5.52. The van der Waals surface area contributed by atoms with Crippen LogP contribution < -0.4 is 11.3 Å². The van der Waals surface area contributed by atoms with Crippen LogP contribution in [0, 0.1) is 0 Å². The number of aromatic nitrogens is 1. The lowest BCUT2D eigenvalue weighted by Gasteiger charge is -2.13. The van der Waals surface area contributed by atoms with Gasteiger partial charge in [-0.1, -0.05) is 12.1 Å². The van der Waals surface area contributed by atoms with E-state index in [-0.39, 0.29) is 6.04 Å². The van der Waals surface area contributed by atoms with Crippen molar-refractivity contribution in [1.82, 2.24) is 10.4 Å². The van der Waals surface area contributed by atoms with E-state index in [0.717, 1.165) is 5.56 Å². The van der Waals surface area contributed by atoms with Crippen LogP contribution in [0.5, 0.6) is 0 Å². The summed E-state index contributed by atoms with van der Waals surface area (Å²) in [5.41, 5.74) is 3.87. The molecule has 0 aromatic carbocycles. The Kier molecular flexibility index (Phi) is 2.88. The molecule has 0 aliphatic carbocycles. The molecule has 0 fully saturated rings. The van der Waals surface area contributed by atoms with Crippen LogP contribution in [0.15, 0.2) is 42.0 Å². The molecule has 0 spiro atoms. The molecule has 0 saturated heterocycles. The molecule has 0 saturated carbocycles. The van der Waals surface area contributed by atoms with Crippen molar-refractivity contribution in [1.29, 1.82) is 0 Å². The van der Waals surface area contributed by atoms with Gasteiger partial charge in [0.1, 0.15) is 0 Å². The second kappa shape index (κ2) is 4.32. The lowest BCUT2D eigenvalue weighted by molar-refractivity contribution is 0.644. The van der Waals surface area contributed by atoms with Gasteiger partial charge in [-0.3, -0.25) is 10.8 Å². The molecule has 0 amide bonds. The van der Waals surface area contributed by atoms with E-state index in [1.165, 1.54) is 4.88 Å². The Morgan fingerprint density at radius 2 is 2.29 bits per heavy atom. The fraction of sp³-hybridized carbons (Fsp3) is 0.100. The van der Waals surface area contributed by atoms with Crippen LogP contribution in [0.4, 0.5) is 0 Å². The van der Waals surface area contributed by atoms with Crippen LogP contribution in [0.2, 0.25) is 0 Å². The Morgan fingerprint density at radius 3 is 2.86 bits per heavy atom. The van der Waals surface area contributed by atoms with Crippen LogP contribution >= 0.6 is 11.3 Å². The third-order valence-electron chi connectivity index (χ3n) is 2.01. The Morgan fingerprint density at radius 1 is 1.36 bits per heavy atom. The molecule has 14 heavy (non-hydrogen) atoms. The standard InChI is InChI=1S/C10H11N3S/c11-13-10(9-4-2-6-14-9)8-3-1-5-12-7-8/h1-7,10,13H,11H2. The average molecular weight is 205 g/mol. The average Bonchev–Trinajstić information content (AvgIpc) is 2.74. The second-order valence-electron chi connectivity index (χ2n) is 2.90. The molecule has 2 aromatic heterocycles. The summed E-state index contributed by atoms with van der Waals surface area (Å²) in [4.78, 5) is 5.27. The molecule has 0 aliphatic heterocycles. The highest BCUT2D eigenvalue weighted by molar-refractivity contribution is 7.10. The normalized spacial score (nSPS) is 12.6. The van der Waals surface area contributed by atoms with Gasteiger partial charge in [0, 0.05) is 17.3 Å². The number of nitrogens with zero attached hydrogens (tertiary/aromatic N) is 1. The number of hydrazine groups is 1. The molecular weight excluding hydrogens is 194 g/mol. The van der Waals surface area contributed by atoms with E-state index < -0.39 is 0 Å². The van der Waals surface area contributed by atoms with Gasteiger partial charge >= 0.3 is 0 Å². The van der Waals surface area contributed by atoms with Gasteiger partial charge in [0.2, 0.25) is 0 Å². The summed E-state index contributed by atoms with van der Waals surface area (Å²) in [5, 5.41) is 2.04. The van der Waals surface area contributed by atoms with Crippen molar-refractivity contribution in [3.8, 4) is 0 Å². The molecule has 2 rings (SSSR count). The zero-order valence-corrected chi connectivity index (χ0v) is 8.37. The highest BCUT2D eigenvalue weighted by Crippen LogP contribution is 2.24. The third-order valence-corrected chi connectivity index (χ3v) is 2.95. The molecule has 0 bridgehead atoms. The van der Waals surface area contributed by atoms with Crippen LogP contribution in [-0.4, -0.2) is 4.98 Å². The number of hydrogen-bond acceptors (Lipinski definition) is 4. The van der Waals surface area contributed by atoms with Crippen molar-refractivity contribution in [2.45, 2.75) is 6.04 Å². The van der Waals surface area contributed by atoms with E-state index in [9.17, 15) is 0 Å². The molecule has 0 aliphatic rings. The first-order valence-corrected chi connectivity index (χ1v) is 5.19. The summed E-state index contributed by atoms with van der Waals surface area (Å²) in [7, 11) is 0. The first-order valence-electron chi connectivity index (χ1n) is 4.31. The highest BCUT2D eigenvalue weighted by Gasteiger charge is 2.12. The number of thiophene rings is 1. The van der Waals surface area contributed by atoms with E-state index in [1.807, 2.05) is 29.8 Å². The molecule has 1 unspecified atom stereocenters. The van der Waals surface area contributed by atoms with Gasteiger partial charge in [0.05, 0.1) is 6.04 Å². The minimum absolute atomic E-state index is 0.0451. The second-order valence-corrected chi connectivity index (χ2v) is 3.88. The van der Waals surface area contributed by atoms with Gasteiger partial charge < -0.3 is 0 Å². The Hall–Kier alpha value is -1.23. The van der Waals surface area contributed by atoms with Gasteiger partial charge in [-0.2, -0.15) is 0 Å². The summed E-state index contributed by atoms with van der Waals surface area (Å²) in [6.07, 6.45) is 3.58. The predicted octanol–water partition coefficient (Wildman–Crippen LogP) is 1.70. The maximum atomic E-state index is 5.52. The maximum Gasteiger partial charge on any atom is 0.0817 e. The molecule has 72 valence electrons. The van der Waals surface area contributed by atoms with E-state index >= 15 is 0 Å². The smallest absolute Gasteiger partial charge is 0.0817 e. The number of rotatable bonds is 3. The summed E-state index contributed by atoms with van der Waals surface area (Å²) >= 11 is 1.68. The van der Waals surface area contributed by atoms with Gasteiger partial charge in [0.15, 0.2) is 0 Å². The monoisotopic (exact) mass is 205 g/mol. The fourth-order valence-electron chi connectivity index (χ4n) is 1.34. The first-order chi connectivity index (χ1) is 6.92. The van der Waals surface area contributed by atoms with Crippen molar-refractivity contribution in [2.75, 3.05) is 0 Å². The molecule has 4 heteroatoms. The molecule has 3 nitrogen and oxygen atoms in total. The number of nitrogens with two attached hydrogens (primary N) is 1. The summed E-state index contributed by atoms with van der Waals surface area (Å²) in [6.45, 7) is 0. The van der Waals surface area contributed by atoms with Crippen LogP contribution in [0.25, 0.3) is 0 Å². The molecular formula is C10H11N3S. The largest absolute Gasteiger partial charge is 0.271 e. The Bertz CT molecular complexity index is 372. The predicted molar refractivity (Wildman–Crippen MR) is 57.7 cm³/mol. The fourth-order valence-corrected chi connectivity index (χ4v) is 2.16. The van der Waals surface area contributed by atoms with Gasteiger partial charge in [-0.25, -0.2) is 5.43 Å². The van der Waals surface area contributed by atoms with E-state index in [4.69, 9.17) is 5.84 Å². The third kappa shape index (κ3) is 1.82. The topological polar surface area (TPSA) is 50.9 Å². The van der Waals surface area contributed by atoms with Gasteiger partial charge in [0.25, 0.3) is 0 Å². The van der Waals surface area contributed by atoms with E-state index in [2.05, 4.69) is 16.5 Å². The minimum Gasteiger partial charge on any atom is -0.271 e. The molecule has 2 aromatic rings. The SMILES string of the molecule is NNC(c1cccnc1)c1cccs1. The molecule has 0 radical (unpaired) electrons. The zero-order chi connectivity index (χ0) is 9.80. The summed E-state index contributed by atoms with van der Waals surface area (Å²) in [6, 6.07) is 8.04. The van der Waals surface area contributed by atoms with E-state index in [0.29, 0.717) is 0 Å². The Balaban J connectivity index is 2.31. The van der Waals surface area contributed by atoms with Crippen molar-refractivity contribution in [2.24, 2.45) is 5.84 Å². The van der Waals surface area contributed by atoms with Crippen LogP contribution in [0.1, 0.15) is 16.5 Å². The number of hydrogen-bond donors (Lipinski definition) is 2.